The van der Waals surface area contributed by atoms with Crippen LogP contribution in [0.15, 0.2) is 41.4 Å². The molecule has 1 aromatic heterocycles. The van der Waals surface area contributed by atoms with Gasteiger partial charge in [0.05, 0.1) is 12.1 Å². The second kappa shape index (κ2) is 12.0. The van der Waals surface area contributed by atoms with Gasteiger partial charge in [-0.15, -0.1) is 0 Å². The van der Waals surface area contributed by atoms with Gasteiger partial charge in [-0.05, 0) is 90.3 Å². The largest absolute Gasteiger partial charge is 0.444 e. The molecule has 0 spiro atoms. The Labute approximate surface area is 279 Å². The topological polar surface area (TPSA) is 112 Å². The zero-order valence-electron chi connectivity index (χ0n) is 27.9. The van der Waals surface area contributed by atoms with Gasteiger partial charge in [-0.3, -0.25) is 24.4 Å². The molecule has 2 heterocycles. The molecule has 1 aliphatic heterocycles. The predicted octanol–water partition coefficient (Wildman–Crippen LogP) is 7.88. The van der Waals surface area contributed by atoms with Crippen molar-refractivity contribution in [1.29, 1.82) is 0 Å². The Balaban J connectivity index is 1.91. The number of halogens is 7. The number of β-amino-alcohol motifs (C(OH)–C–C–N with tert-alkyl or cyclic N) is 1. The summed E-state index contributed by atoms with van der Waals surface area (Å²) >= 11 is 0. The molecule has 49 heavy (non-hydrogen) atoms. The maximum Gasteiger partial charge on any atom is 0.411 e. The van der Waals surface area contributed by atoms with E-state index in [4.69, 9.17) is 4.74 Å². The second-order valence-electron chi connectivity index (χ2n) is 14.2. The van der Waals surface area contributed by atoms with E-state index >= 15 is 0 Å². The van der Waals surface area contributed by atoms with Gasteiger partial charge in [-0.1, -0.05) is 19.4 Å². The smallest absolute Gasteiger partial charge is 0.411 e. The first-order valence-corrected chi connectivity index (χ1v) is 17.5. The number of alkyl halides is 2. The van der Waals surface area contributed by atoms with Crippen LogP contribution < -0.4 is 10.2 Å². The van der Waals surface area contributed by atoms with Crippen molar-refractivity contribution in [3.63, 3.8) is 0 Å². The molecule has 1 aromatic carbocycles. The lowest BCUT2D eigenvalue weighted by Gasteiger charge is -2.41. The van der Waals surface area contributed by atoms with Crippen LogP contribution in [0.3, 0.4) is 0 Å². The van der Waals surface area contributed by atoms with Gasteiger partial charge >= 0.3 is 16.3 Å². The quantitative estimate of drug-likeness (QED) is 0.281. The van der Waals surface area contributed by atoms with Crippen molar-refractivity contribution in [2.24, 2.45) is 0 Å². The molecule has 4 rings (SSSR count). The molecule has 2 aromatic rings. The highest BCUT2D eigenvalue weighted by Crippen LogP contribution is 3.02. The maximum absolute atomic E-state index is 14.7. The molecule has 1 unspecified atom stereocenters. The fourth-order valence-corrected chi connectivity index (χ4v) is 6.84. The molecule has 3 amide bonds. The number of rotatable bonds is 7. The van der Waals surface area contributed by atoms with Gasteiger partial charge in [0.2, 0.25) is 11.8 Å². The van der Waals surface area contributed by atoms with Gasteiger partial charge in [0.1, 0.15) is 22.6 Å². The van der Waals surface area contributed by atoms with Gasteiger partial charge in [-0.2, -0.15) is 0 Å². The summed E-state index contributed by atoms with van der Waals surface area (Å²) < 4.78 is 102. The fraction of sp³-hybridized carbons (Fsp3) is 0.562. The predicted molar refractivity (Wildman–Crippen MR) is 169 cm³/mol. The van der Waals surface area contributed by atoms with Crippen molar-refractivity contribution in [2.45, 2.75) is 114 Å². The van der Waals surface area contributed by atoms with E-state index in [1.165, 1.54) is 26.1 Å². The number of carbonyl (C=O) groups excluding carboxylic acids is 3. The highest BCUT2D eigenvalue weighted by atomic mass is 32.5. The van der Waals surface area contributed by atoms with Crippen LogP contribution in [0.4, 0.5) is 38.7 Å². The number of ether oxygens (including phenoxy) is 1. The summed E-state index contributed by atoms with van der Waals surface area (Å²) in [4.78, 5) is 46.1. The Bertz CT molecular complexity index is 1590. The highest BCUT2D eigenvalue weighted by Gasteiger charge is 2.65. The third kappa shape index (κ3) is 9.15. The number of anilines is 1. The normalized spacial score (nSPS) is 23.6. The van der Waals surface area contributed by atoms with Crippen molar-refractivity contribution in [1.82, 2.24) is 15.2 Å². The van der Waals surface area contributed by atoms with Crippen molar-refractivity contribution in [3.8, 4) is 0 Å². The molecule has 0 radical (unpaired) electrons. The Morgan fingerprint density at radius 1 is 1.04 bits per heavy atom. The number of likely N-dealkylation sites (tertiary alicyclic amines) is 1. The van der Waals surface area contributed by atoms with E-state index in [2.05, 4.69) is 10.3 Å². The number of amides is 3. The van der Waals surface area contributed by atoms with Crippen LogP contribution in [0, 0.1) is 13.8 Å². The summed E-state index contributed by atoms with van der Waals surface area (Å²) in [7, 11) is -10.2. The van der Waals surface area contributed by atoms with Crippen LogP contribution in [-0.4, -0.2) is 68.7 Å². The Hall–Kier alpha value is -3.60. The molecule has 2 fully saturated rings. The Kier molecular flexibility index (Phi) is 9.37. The van der Waals surface area contributed by atoms with E-state index in [1.54, 1.807) is 27.7 Å². The molecule has 1 aliphatic carbocycles. The number of nitrogens with zero attached hydrogens (tertiary/aromatic N) is 3. The monoisotopic (exact) mass is 726 g/mol. The van der Waals surface area contributed by atoms with Crippen LogP contribution in [0.5, 0.6) is 0 Å². The number of nitrogens with one attached hydrogen (secondary N) is 1. The lowest BCUT2D eigenvalue weighted by atomic mass is 9.91. The molecule has 274 valence electrons. The molecular formula is C32H41F7N4O5S. The number of carbonyl (C=O) groups is 3. The number of benzene rings is 1. The average molecular weight is 727 g/mol. The van der Waals surface area contributed by atoms with E-state index in [-0.39, 0.29) is 42.7 Å². The summed E-state index contributed by atoms with van der Waals surface area (Å²) in [5.74, 6) is -4.90. The van der Waals surface area contributed by atoms with Crippen LogP contribution in [0.25, 0.3) is 0 Å². The van der Waals surface area contributed by atoms with Gasteiger partial charge in [-0.25, -0.2) is 13.6 Å². The summed E-state index contributed by atoms with van der Waals surface area (Å²) in [6, 6.07) is -1.12. The molecule has 1 saturated heterocycles. The minimum Gasteiger partial charge on any atom is -0.444 e. The lowest BCUT2D eigenvalue weighted by Crippen LogP contribution is -2.54. The van der Waals surface area contributed by atoms with Crippen LogP contribution in [0.2, 0.25) is 0 Å². The van der Waals surface area contributed by atoms with Crippen LogP contribution >= 0.6 is 10.2 Å². The third-order valence-electron chi connectivity index (χ3n) is 8.48. The zero-order chi connectivity index (χ0) is 37.0. The fourth-order valence-electron chi connectivity index (χ4n) is 6.19. The van der Waals surface area contributed by atoms with E-state index < -0.39 is 93.4 Å². The van der Waals surface area contributed by atoms with Crippen LogP contribution in [0.1, 0.15) is 82.7 Å². The molecule has 2 N–H and O–H groups in total. The maximum atomic E-state index is 14.7. The SMILES string of the molecule is Cc1ccnc(C)c1C(C(=O)NC1CCC(F)(F)CC1)N(C(=O)[C@H]1C[C@@](C)(O)CN1C(=O)OC(C)(C)C)c1ccc(S(F)(F)(F)(F)F)cc1. The first kappa shape index (κ1) is 38.2. The van der Waals surface area contributed by atoms with Gasteiger partial charge in [0.15, 0.2) is 0 Å². The average Bonchev–Trinajstić information content (AvgIpc) is 3.27. The third-order valence-corrected chi connectivity index (χ3v) is 9.64. The number of aliphatic hydroxyl groups is 1. The van der Waals surface area contributed by atoms with E-state index in [0.29, 0.717) is 17.7 Å². The van der Waals surface area contributed by atoms with E-state index in [9.17, 15) is 47.7 Å². The lowest BCUT2D eigenvalue weighted by molar-refractivity contribution is -0.129. The highest BCUT2D eigenvalue weighted by molar-refractivity contribution is 8.45. The summed E-state index contributed by atoms with van der Waals surface area (Å²) in [5, 5.41) is 13.7. The number of pyridine rings is 1. The Morgan fingerprint density at radius 3 is 2.12 bits per heavy atom. The second-order valence-corrected chi connectivity index (χ2v) is 16.6. The number of aryl methyl sites for hydroxylation is 2. The van der Waals surface area contributed by atoms with Crippen molar-refractivity contribution in [3.05, 3.63) is 53.3 Å². The standard InChI is InChI=1S/C32H41F7N4O5S/c1-19-13-16-40-20(2)25(19)26(27(44)41-21-11-14-32(33,34)15-12-21)43(22-7-9-23(10-8-22)49(35,36,37,38)39)28(45)24-17-31(6,47)18-42(24)29(46)48-30(3,4)5/h7-10,13,16,21,24,26,47H,11-12,14-15,17-18H2,1-6H3,(H,41,44)/t24-,26?,31-/m1/s1. The molecule has 0 bridgehead atoms. The van der Waals surface area contributed by atoms with E-state index in [1.807, 2.05) is 0 Å². The molecule has 1 saturated carbocycles. The van der Waals surface area contributed by atoms with Gasteiger partial charge < -0.3 is 15.2 Å². The first-order valence-electron chi connectivity index (χ1n) is 15.6. The minimum absolute atomic E-state index is 0.0920. The summed E-state index contributed by atoms with van der Waals surface area (Å²) in [6.07, 6.45) is -1.23. The molecular weight excluding hydrogens is 685 g/mol. The van der Waals surface area contributed by atoms with Crippen molar-refractivity contribution in [2.75, 3.05) is 11.4 Å². The van der Waals surface area contributed by atoms with Gasteiger partial charge in [0.25, 0.3) is 5.91 Å². The number of hydrogen-bond acceptors (Lipinski definition) is 6. The number of hydrogen-bond donors (Lipinski definition) is 2. The van der Waals surface area contributed by atoms with Crippen molar-refractivity contribution >= 4 is 33.8 Å². The summed E-state index contributed by atoms with van der Waals surface area (Å²) in [6.45, 7) is 8.75. The minimum atomic E-state index is -10.2. The van der Waals surface area contributed by atoms with Gasteiger partial charge in [0, 0.05) is 48.4 Å². The molecule has 17 heteroatoms. The van der Waals surface area contributed by atoms with Crippen molar-refractivity contribution < 1.29 is 52.4 Å². The summed E-state index contributed by atoms with van der Waals surface area (Å²) in [5.41, 5.74) is -2.36. The van der Waals surface area contributed by atoms with Crippen LogP contribution in [-0.2, 0) is 14.3 Å². The molecule has 9 nitrogen and oxygen atoms in total. The molecule has 3 atom stereocenters. The number of aromatic nitrogens is 1. The zero-order valence-corrected chi connectivity index (χ0v) is 28.7. The van der Waals surface area contributed by atoms with E-state index in [0.717, 1.165) is 9.80 Å². The Morgan fingerprint density at radius 2 is 1.61 bits per heavy atom. The molecule has 2 aliphatic rings. The first-order chi connectivity index (χ1) is 22.1.